The van der Waals surface area contributed by atoms with E-state index in [1.165, 1.54) is 11.3 Å². The van der Waals surface area contributed by atoms with E-state index in [-0.39, 0.29) is 16.2 Å². The molecule has 3 aromatic rings. The van der Waals surface area contributed by atoms with Gasteiger partial charge in [-0.1, -0.05) is 17.3 Å². The van der Waals surface area contributed by atoms with Crippen LogP contribution in [0.2, 0.25) is 0 Å². The van der Waals surface area contributed by atoms with Crippen molar-refractivity contribution in [1.29, 1.82) is 0 Å². The molecule has 0 unspecified atom stereocenters. The minimum absolute atomic E-state index is 0.103. The number of thiophene rings is 1. The molecule has 0 radical (unpaired) electrons. The Balaban J connectivity index is 2.10. The molecule has 0 aliphatic rings. The molecular weight excluding hydrogens is 401 g/mol. The van der Waals surface area contributed by atoms with Crippen LogP contribution in [-0.2, 0) is 16.2 Å². The molecule has 0 saturated carbocycles. The van der Waals surface area contributed by atoms with Crippen LogP contribution in [0, 0.1) is 20.8 Å². The van der Waals surface area contributed by atoms with Gasteiger partial charge in [0.2, 0.25) is 5.76 Å². The van der Waals surface area contributed by atoms with Crippen LogP contribution in [0.1, 0.15) is 21.1 Å². The van der Waals surface area contributed by atoms with Gasteiger partial charge in [0.05, 0.1) is 0 Å². The van der Waals surface area contributed by atoms with Crippen LogP contribution in [0.4, 0.5) is 18.9 Å². The van der Waals surface area contributed by atoms with E-state index < -0.39 is 22.0 Å². The number of sulfonamides is 1. The van der Waals surface area contributed by atoms with Crippen molar-refractivity contribution in [1.82, 2.24) is 5.16 Å². The molecular formula is C17H15F3N2O3S2. The fraction of sp³-hybridized carbons (Fsp3) is 0.235. The number of nitrogens with zero attached hydrogens (tertiary/aromatic N) is 1. The Labute approximate surface area is 157 Å². The molecule has 0 atom stereocenters. The van der Waals surface area contributed by atoms with E-state index in [4.69, 9.17) is 0 Å². The highest BCUT2D eigenvalue weighted by atomic mass is 32.2. The Morgan fingerprint density at radius 3 is 2.41 bits per heavy atom. The highest BCUT2D eigenvalue weighted by molar-refractivity contribution is 7.93. The van der Waals surface area contributed by atoms with Crippen molar-refractivity contribution < 1.29 is 26.1 Å². The molecule has 1 N–H and O–H groups in total. The second-order valence-corrected chi connectivity index (χ2v) is 9.02. The first-order chi connectivity index (χ1) is 12.5. The Hall–Kier alpha value is -2.33. The topological polar surface area (TPSA) is 72.2 Å². The maximum atomic E-state index is 13.0. The smallest absolute Gasteiger partial charge is 0.351 e. The first kappa shape index (κ1) is 19.4. The van der Waals surface area contributed by atoms with Crippen molar-refractivity contribution in [2.45, 2.75) is 31.8 Å². The van der Waals surface area contributed by atoms with Crippen molar-refractivity contribution in [3.05, 3.63) is 51.4 Å². The number of hydrogen-bond acceptors (Lipinski definition) is 5. The summed E-state index contributed by atoms with van der Waals surface area (Å²) in [5.74, 6) is -1.28. The highest BCUT2D eigenvalue weighted by Gasteiger charge is 2.37. The van der Waals surface area contributed by atoms with Gasteiger partial charge >= 0.3 is 6.18 Å². The van der Waals surface area contributed by atoms with Crippen molar-refractivity contribution in [3.63, 3.8) is 0 Å². The van der Waals surface area contributed by atoms with E-state index in [1.54, 1.807) is 32.0 Å². The van der Waals surface area contributed by atoms with Crippen LogP contribution >= 0.6 is 11.3 Å². The lowest BCUT2D eigenvalue weighted by Crippen LogP contribution is -2.14. The van der Waals surface area contributed by atoms with Crippen LogP contribution < -0.4 is 4.72 Å². The van der Waals surface area contributed by atoms with Gasteiger partial charge in [-0.05, 0) is 38.5 Å². The van der Waals surface area contributed by atoms with Crippen LogP contribution in [0.15, 0.2) is 39.8 Å². The third-order valence-electron chi connectivity index (χ3n) is 3.79. The molecule has 0 amide bonds. The Kier molecular flexibility index (Phi) is 4.81. The Morgan fingerprint density at radius 1 is 1.11 bits per heavy atom. The van der Waals surface area contributed by atoms with Crippen LogP contribution in [-0.4, -0.2) is 13.6 Å². The zero-order valence-electron chi connectivity index (χ0n) is 14.5. The van der Waals surface area contributed by atoms with Gasteiger partial charge in [0.1, 0.15) is 10.6 Å². The summed E-state index contributed by atoms with van der Waals surface area (Å²) in [6.07, 6.45) is -4.71. The summed E-state index contributed by atoms with van der Waals surface area (Å²) in [6.45, 7) is 5.04. The molecule has 2 aromatic heterocycles. The second kappa shape index (κ2) is 6.68. The zero-order valence-corrected chi connectivity index (χ0v) is 16.1. The Morgan fingerprint density at radius 2 is 1.81 bits per heavy atom. The molecule has 1 aromatic carbocycles. The third kappa shape index (κ3) is 3.86. The van der Waals surface area contributed by atoms with Crippen molar-refractivity contribution in [2.75, 3.05) is 4.72 Å². The molecule has 0 spiro atoms. The molecule has 2 heterocycles. The molecule has 144 valence electrons. The monoisotopic (exact) mass is 416 g/mol. The maximum Gasteiger partial charge on any atom is 0.452 e. The van der Waals surface area contributed by atoms with Crippen LogP contribution in [0.25, 0.3) is 11.3 Å². The van der Waals surface area contributed by atoms with Gasteiger partial charge in [-0.15, -0.1) is 11.3 Å². The summed E-state index contributed by atoms with van der Waals surface area (Å²) in [4.78, 5) is 0.867. The third-order valence-corrected chi connectivity index (χ3v) is 6.49. The van der Waals surface area contributed by atoms with E-state index in [2.05, 4.69) is 14.4 Å². The predicted molar refractivity (Wildman–Crippen MR) is 96.3 cm³/mol. The number of rotatable bonds is 4. The van der Waals surface area contributed by atoms with Crippen molar-refractivity contribution in [2.24, 2.45) is 0 Å². The first-order valence-corrected chi connectivity index (χ1v) is 10.0. The van der Waals surface area contributed by atoms with E-state index in [0.29, 0.717) is 21.5 Å². The average molecular weight is 416 g/mol. The summed E-state index contributed by atoms with van der Waals surface area (Å²) in [5, 5.41) is 3.44. The molecule has 0 aliphatic heterocycles. The molecule has 0 fully saturated rings. The molecule has 0 saturated heterocycles. The van der Waals surface area contributed by atoms with Gasteiger partial charge in [-0.25, -0.2) is 8.42 Å². The lowest BCUT2D eigenvalue weighted by molar-refractivity contribution is -0.155. The summed E-state index contributed by atoms with van der Waals surface area (Å²) < 4.78 is 71.2. The van der Waals surface area contributed by atoms with E-state index in [9.17, 15) is 21.6 Å². The SMILES string of the molecule is Cc1cccc(NS(=O)(=O)c2c(C)sc(C)c2-c2cc(C(F)(F)F)on2)c1. The summed E-state index contributed by atoms with van der Waals surface area (Å²) in [5.41, 5.74) is 1.16. The number of aromatic nitrogens is 1. The minimum atomic E-state index is -4.71. The summed E-state index contributed by atoms with van der Waals surface area (Å²) in [6, 6.07) is 7.48. The van der Waals surface area contributed by atoms with Crippen LogP contribution in [0.5, 0.6) is 0 Å². The van der Waals surface area contributed by atoms with Gasteiger partial charge in [-0.2, -0.15) is 13.2 Å². The predicted octanol–water partition coefficient (Wildman–Crippen LogP) is 5.15. The number of anilines is 1. The largest absolute Gasteiger partial charge is 0.452 e. The van der Waals surface area contributed by atoms with Gasteiger partial charge < -0.3 is 4.52 Å². The molecule has 0 aliphatic carbocycles. The van der Waals surface area contributed by atoms with Gasteiger partial charge in [0.25, 0.3) is 10.0 Å². The number of halogens is 3. The molecule has 5 nitrogen and oxygen atoms in total. The van der Waals surface area contributed by atoms with Crippen molar-refractivity contribution >= 4 is 27.0 Å². The Bertz CT molecular complexity index is 1100. The molecule has 10 heteroatoms. The number of aryl methyl sites for hydroxylation is 3. The zero-order chi connectivity index (χ0) is 20.0. The summed E-state index contributed by atoms with van der Waals surface area (Å²) in [7, 11) is -4.05. The lowest BCUT2D eigenvalue weighted by Gasteiger charge is -2.10. The number of hydrogen-bond donors (Lipinski definition) is 1. The van der Waals surface area contributed by atoms with Gasteiger partial charge in [-0.3, -0.25) is 4.72 Å². The van der Waals surface area contributed by atoms with E-state index >= 15 is 0 Å². The van der Waals surface area contributed by atoms with Gasteiger partial charge in [0.15, 0.2) is 0 Å². The highest BCUT2D eigenvalue weighted by Crippen LogP contribution is 2.41. The first-order valence-electron chi connectivity index (χ1n) is 7.73. The minimum Gasteiger partial charge on any atom is -0.351 e. The van der Waals surface area contributed by atoms with Crippen molar-refractivity contribution in [3.8, 4) is 11.3 Å². The van der Waals surface area contributed by atoms with Gasteiger partial charge in [0, 0.05) is 27.1 Å². The number of benzene rings is 1. The van der Waals surface area contributed by atoms with Crippen LogP contribution in [0.3, 0.4) is 0 Å². The number of nitrogens with one attached hydrogen (secondary N) is 1. The maximum absolute atomic E-state index is 13.0. The lowest BCUT2D eigenvalue weighted by atomic mass is 10.1. The fourth-order valence-corrected chi connectivity index (χ4v) is 5.65. The quantitative estimate of drug-likeness (QED) is 0.639. The molecule has 0 bridgehead atoms. The standard InChI is InChI=1S/C17H15F3N2O3S2/c1-9-5-4-6-12(7-9)22-27(23,24)16-11(3)26-10(2)15(16)13-8-14(25-21-13)17(18,19)20/h4-8,22H,1-3H3. The second-order valence-electron chi connectivity index (χ2n) is 5.97. The van der Waals surface area contributed by atoms with E-state index in [0.717, 1.165) is 5.56 Å². The molecule has 27 heavy (non-hydrogen) atoms. The number of alkyl halides is 3. The normalized spacial score (nSPS) is 12.4. The average Bonchev–Trinajstić information content (AvgIpc) is 3.10. The molecule has 3 rings (SSSR count). The summed E-state index contributed by atoms with van der Waals surface area (Å²) >= 11 is 1.17. The van der Waals surface area contributed by atoms with E-state index in [1.807, 2.05) is 13.0 Å². The fourth-order valence-electron chi connectivity index (χ4n) is 2.72.